The van der Waals surface area contributed by atoms with Crippen LogP contribution in [0, 0.1) is 10.1 Å². The molecule has 1 unspecified atom stereocenters. The maximum absolute atomic E-state index is 13.2. The average Bonchev–Trinajstić information content (AvgIpc) is 2.77. The van der Waals surface area contributed by atoms with Crippen molar-refractivity contribution >= 4 is 23.2 Å². The molecule has 3 rings (SSSR count). The summed E-state index contributed by atoms with van der Waals surface area (Å²) in [6.45, 7) is 0.619. The fourth-order valence-corrected chi connectivity index (χ4v) is 4.08. The summed E-state index contributed by atoms with van der Waals surface area (Å²) >= 11 is 6.20. The van der Waals surface area contributed by atoms with Gasteiger partial charge in [0.25, 0.3) is 11.6 Å². The van der Waals surface area contributed by atoms with Crippen LogP contribution in [0.25, 0.3) is 0 Å². The van der Waals surface area contributed by atoms with Crippen molar-refractivity contribution in [2.75, 3.05) is 20.8 Å². The fourth-order valence-electron chi connectivity index (χ4n) is 3.88. The van der Waals surface area contributed by atoms with E-state index in [0.29, 0.717) is 18.0 Å². The van der Waals surface area contributed by atoms with Gasteiger partial charge in [0.15, 0.2) is 11.5 Å². The second kappa shape index (κ2) is 9.80. The van der Waals surface area contributed by atoms with E-state index in [1.807, 2.05) is 23.1 Å². The van der Waals surface area contributed by atoms with Crippen molar-refractivity contribution in [3.63, 3.8) is 0 Å². The van der Waals surface area contributed by atoms with E-state index in [0.717, 1.165) is 37.7 Å². The Labute approximate surface area is 180 Å². The Morgan fingerprint density at radius 3 is 2.63 bits per heavy atom. The molecule has 1 aliphatic rings. The number of nitro groups is 1. The Kier molecular flexibility index (Phi) is 7.15. The van der Waals surface area contributed by atoms with E-state index in [2.05, 4.69) is 0 Å². The Balaban J connectivity index is 1.76. The number of nitrogens with zero attached hydrogens (tertiary/aromatic N) is 2. The number of non-ortho nitro benzene ring substituents is 1. The zero-order chi connectivity index (χ0) is 21.7. The molecule has 0 spiro atoms. The number of hydrogen-bond donors (Lipinski definition) is 0. The van der Waals surface area contributed by atoms with E-state index >= 15 is 0 Å². The van der Waals surface area contributed by atoms with Crippen molar-refractivity contribution in [2.45, 2.75) is 38.1 Å². The number of hydrogen-bond acceptors (Lipinski definition) is 5. The van der Waals surface area contributed by atoms with Crippen LogP contribution in [0.4, 0.5) is 5.69 Å². The lowest BCUT2D eigenvalue weighted by Crippen LogP contribution is -2.44. The van der Waals surface area contributed by atoms with Crippen molar-refractivity contribution < 1.29 is 19.2 Å². The number of rotatable bonds is 7. The summed E-state index contributed by atoms with van der Waals surface area (Å²) in [7, 11) is 3.20. The van der Waals surface area contributed by atoms with Crippen molar-refractivity contribution in [3.05, 3.63) is 62.7 Å². The molecule has 1 saturated heterocycles. The number of halogens is 1. The van der Waals surface area contributed by atoms with Gasteiger partial charge in [-0.25, -0.2) is 0 Å². The minimum atomic E-state index is -0.516. The highest BCUT2D eigenvalue weighted by Gasteiger charge is 2.29. The van der Waals surface area contributed by atoms with Gasteiger partial charge in [0.2, 0.25) is 0 Å². The van der Waals surface area contributed by atoms with Gasteiger partial charge in [-0.3, -0.25) is 14.9 Å². The van der Waals surface area contributed by atoms with Crippen molar-refractivity contribution in [3.8, 4) is 11.5 Å². The van der Waals surface area contributed by atoms with E-state index in [1.165, 1.54) is 18.2 Å². The predicted molar refractivity (Wildman–Crippen MR) is 115 cm³/mol. The predicted octanol–water partition coefficient (Wildman–Crippen LogP) is 4.89. The van der Waals surface area contributed by atoms with Gasteiger partial charge >= 0.3 is 0 Å². The van der Waals surface area contributed by atoms with Gasteiger partial charge in [-0.05, 0) is 55.9 Å². The molecule has 2 aromatic rings. The van der Waals surface area contributed by atoms with Crippen LogP contribution in [0.5, 0.6) is 11.5 Å². The largest absolute Gasteiger partial charge is 0.493 e. The van der Waals surface area contributed by atoms with Gasteiger partial charge in [0, 0.05) is 24.7 Å². The van der Waals surface area contributed by atoms with E-state index in [-0.39, 0.29) is 28.2 Å². The molecule has 0 saturated carbocycles. The monoisotopic (exact) mass is 432 g/mol. The fraction of sp³-hybridized carbons (Fsp3) is 0.409. The van der Waals surface area contributed by atoms with Crippen LogP contribution in [0.2, 0.25) is 5.02 Å². The number of benzene rings is 2. The molecule has 0 bridgehead atoms. The van der Waals surface area contributed by atoms with Gasteiger partial charge in [-0.2, -0.15) is 0 Å². The summed E-state index contributed by atoms with van der Waals surface area (Å²) in [6.07, 6.45) is 4.41. The summed E-state index contributed by atoms with van der Waals surface area (Å²) in [5, 5.41) is 11.3. The number of carbonyl (C=O) groups excluding carboxylic acids is 1. The Morgan fingerprint density at radius 1 is 1.17 bits per heavy atom. The van der Waals surface area contributed by atoms with Crippen LogP contribution < -0.4 is 9.47 Å². The third-order valence-electron chi connectivity index (χ3n) is 5.49. The topological polar surface area (TPSA) is 81.9 Å². The van der Waals surface area contributed by atoms with E-state index in [9.17, 15) is 14.9 Å². The van der Waals surface area contributed by atoms with Crippen LogP contribution in [0.15, 0.2) is 36.4 Å². The SMILES string of the molecule is COc1ccc(CCC2CCCCN2C(=O)c2cc([N+](=O)[O-])ccc2Cl)cc1OC. The zero-order valence-electron chi connectivity index (χ0n) is 17.1. The molecule has 2 aromatic carbocycles. The Hall–Kier alpha value is -2.80. The molecule has 1 aliphatic heterocycles. The summed E-state index contributed by atoms with van der Waals surface area (Å²) in [4.78, 5) is 25.6. The summed E-state index contributed by atoms with van der Waals surface area (Å²) < 4.78 is 10.7. The van der Waals surface area contributed by atoms with Gasteiger partial charge in [-0.15, -0.1) is 0 Å². The molecule has 1 heterocycles. The van der Waals surface area contributed by atoms with Gasteiger partial charge in [-0.1, -0.05) is 17.7 Å². The number of ether oxygens (including phenoxy) is 2. The lowest BCUT2D eigenvalue weighted by atomic mass is 9.95. The first-order valence-electron chi connectivity index (χ1n) is 9.90. The summed E-state index contributed by atoms with van der Waals surface area (Å²) in [6, 6.07) is 9.86. The first-order chi connectivity index (χ1) is 14.4. The zero-order valence-corrected chi connectivity index (χ0v) is 17.9. The molecule has 8 heteroatoms. The highest BCUT2D eigenvalue weighted by molar-refractivity contribution is 6.33. The molecule has 0 aliphatic carbocycles. The normalized spacial score (nSPS) is 16.2. The highest BCUT2D eigenvalue weighted by atomic mass is 35.5. The average molecular weight is 433 g/mol. The maximum Gasteiger partial charge on any atom is 0.270 e. The molecular weight excluding hydrogens is 408 g/mol. The molecule has 7 nitrogen and oxygen atoms in total. The molecule has 0 radical (unpaired) electrons. The minimum absolute atomic E-state index is 0.0506. The molecule has 160 valence electrons. The Bertz CT molecular complexity index is 934. The van der Waals surface area contributed by atoms with Crippen LogP contribution >= 0.6 is 11.6 Å². The molecular formula is C22H25ClN2O5. The number of likely N-dealkylation sites (tertiary alicyclic amines) is 1. The third kappa shape index (κ3) is 4.84. The van der Waals surface area contributed by atoms with Crippen LogP contribution in [0.1, 0.15) is 41.6 Å². The van der Waals surface area contributed by atoms with Gasteiger partial charge in [0.1, 0.15) is 0 Å². The minimum Gasteiger partial charge on any atom is -0.493 e. The second-order valence-corrected chi connectivity index (χ2v) is 7.70. The van der Waals surface area contributed by atoms with Crippen molar-refractivity contribution in [1.29, 1.82) is 0 Å². The lowest BCUT2D eigenvalue weighted by molar-refractivity contribution is -0.384. The lowest BCUT2D eigenvalue weighted by Gasteiger charge is -2.36. The molecule has 1 fully saturated rings. The molecule has 30 heavy (non-hydrogen) atoms. The third-order valence-corrected chi connectivity index (χ3v) is 5.82. The van der Waals surface area contributed by atoms with E-state index < -0.39 is 4.92 Å². The molecule has 0 N–H and O–H groups in total. The molecule has 1 amide bonds. The number of aryl methyl sites for hydroxylation is 1. The quantitative estimate of drug-likeness (QED) is 0.459. The smallest absolute Gasteiger partial charge is 0.270 e. The second-order valence-electron chi connectivity index (χ2n) is 7.30. The van der Waals surface area contributed by atoms with Crippen LogP contribution in [-0.4, -0.2) is 42.5 Å². The van der Waals surface area contributed by atoms with Crippen LogP contribution in [-0.2, 0) is 6.42 Å². The van der Waals surface area contributed by atoms with E-state index in [4.69, 9.17) is 21.1 Å². The number of carbonyl (C=O) groups is 1. The summed E-state index contributed by atoms with van der Waals surface area (Å²) in [5.74, 6) is 1.10. The first-order valence-corrected chi connectivity index (χ1v) is 10.3. The van der Waals surface area contributed by atoms with Crippen LogP contribution in [0.3, 0.4) is 0 Å². The number of piperidine rings is 1. The van der Waals surface area contributed by atoms with Crippen molar-refractivity contribution in [1.82, 2.24) is 4.90 Å². The van der Waals surface area contributed by atoms with E-state index in [1.54, 1.807) is 14.2 Å². The maximum atomic E-state index is 13.2. The number of nitro benzene ring substituents is 1. The number of methoxy groups -OCH3 is 2. The molecule has 1 atom stereocenters. The first kappa shape index (κ1) is 21.9. The molecule has 0 aromatic heterocycles. The van der Waals surface area contributed by atoms with Gasteiger partial charge in [0.05, 0.1) is 29.7 Å². The number of amides is 1. The Morgan fingerprint density at radius 2 is 1.93 bits per heavy atom. The van der Waals surface area contributed by atoms with Crippen molar-refractivity contribution in [2.24, 2.45) is 0 Å². The van der Waals surface area contributed by atoms with Gasteiger partial charge < -0.3 is 14.4 Å². The summed E-state index contributed by atoms with van der Waals surface area (Å²) in [5.41, 5.74) is 1.14. The standard InChI is InChI=1S/C22H25ClN2O5/c1-29-20-11-7-15(13-21(20)30-2)6-8-16-5-3-4-12-24(16)22(26)18-14-17(25(27)28)9-10-19(18)23/h7,9-11,13-14,16H,3-6,8,12H2,1-2H3. The highest BCUT2D eigenvalue weighted by Crippen LogP contribution is 2.30.